The smallest absolute Gasteiger partial charge is 0.237 e. The van der Waals surface area contributed by atoms with Crippen molar-refractivity contribution in [2.45, 2.75) is 45.8 Å². The van der Waals surface area contributed by atoms with Crippen LogP contribution in [0, 0.1) is 5.92 Å². The van der Waals surface area contributed by atoms with E-state index in [0.717, 1.165) is 67.0 Å². The summed E-state index contributed by atoms with van der Waals surface area (Å²) in [7, 11) is 1.53. The zero-order valence-corrected chi connectivity index (χ0v) is 23.3. The van der Waals surface area contributed by atoms with Gasteiger partial charge in [-0.3, -0.25) is 9.69 Å². The molecule has 5 heterocycles. The second kappa shape index (κ2) is 11.1. The lowest BCUT2D eigenvalue weighted by Gasteiger charge is -2.37. The van der Waals surface area contributed by atoms with Crippen LogP contribution in [-0.2, 0) is 16.1 Å². The number of aliphatic hydroxyl groups is 1. The minimum atomic E-state index is -0.640. The van der Waals surface area contributed by atoms with E-state index in [1.165, 1.54) is 19.6 Å². The lowest BCUT2D eigenvalue weighted by atomic mass is 9.83. The lowest BCUT2D eigenvalue weighted by molar-refractivity contribution is -0.114. The Labute approximate surface area is 227 Å². The first-order chi connectivity index (χ1) is 18.2. The van der Waals surface area contributed by atoms with E-state index in [9.17, 15) is 9.90 Å². The first-order valence-electron chi connectivity index (χ1n) is 13.1. The number of ether oxygens (including phenoxy) is 2. The minimum absolute atomic E-state index is 0.198. The highest BCUT2D eigenvalue weighted by atomic mass is 32.1. The molecule has 38 heavy (non-hydrogen) atoms. The van der Waals surface area contributed by atoms with E-state index in [2.05, 4.69) is 25.5 Å². The highest BCUT2D eigenvalue weighted by molar-refractivity contribution is 7.17. The number of carbonyl (C=O) groups is 1. The van der Waals surface area contributed by atoms with Crippen LogP contribution in [0.25, 0.3) is 21.5 Å². The molecule has 3 aromatic heterocycles. The van der Waals surface area contributed by atoms with Crippen molar-refractivity contribution in [2.75, 3.05) is 56.7 Å². The molecule has 0 aliphatic carbocycles. The van der Waals surface area contributed by atoms with Gasteiger partial charge in [0.15, 0.2) is 0 Å². The molecule has 2 fully saturated rings. The van der Waals surface area contributed by atoms with Crippen LogP contribution in [0.15, 0.2) is 17.6 Å². The number of nitrogens with one attached hydrogen (secondary N) is 1. The predicted molar refractivity (Wildman–Crippen MR) is 149 cm³/mol. The molecule has 2 N–H and O–H groups in total. The predicted octanol–water partition coefficient (Wildman–Crippen LogP) is 3.54. The van der Waals surface area contributed by atoms with Crippen LogP contribution in [0.4, 0.5) is 11.6 Å². The molecule has 2 aliphatic heterocycles. The number of piperidine rings is 1. The molecule has 0 saturated carbocycles. The maximum absolute atomic E-state index is 11.8. The number of rotatable bonds is 7. The molecule has 0 unspecified atom stereocenters. The summed E-state index contributed by atoms with van der Waals surface area (Å²) in [6.07, 6.45) is 3.69. The summed E-state index contributed by atoms with van der Waals surface area (Å²) in [5, 5.41) is 15.4. The molecule has 0 bridgehead atoms. The summed E-state index contributed by atoms with van der Waals surface area (Å²) in [6.45, 7) is 10.7. The van der Waals surface area contributed by atoms with Crippen molar-refractivity contribution in [1.29, 1.82) is 0 Å². The van der Waals surface area contributed by atoms with Gasteiger partial charge in [0.1, 0.15) is 5.69 Å². The molecule has 2 aliphatic rings. The van der Waals surface area contributed by atoms with Gasteiger partial charge in [-0.15, -0.1) is 11.3 Å². The topological polar surface area (TPSA) is 113 Å². The third kappa shape index (κ3) is 5.75. The summed E-state index contributed by atoms with van der Waals surface area (Å²) in [5.41, 5.74) is 3.56. The second-order valence-corrected chi connectivity index (χ2v) is 11.5. The van der Waals surface area contributed by atoms with E-state index in [4.69, 9.17) is 19.4 Å². The summed E-state index contributed by atoms with van der Waals surface area (Å²) < 4.78 is 11.9. The number of aromatic nitrogens is 3. The van der Waals surface area contributed by atoms with Crippen molar-refractivity contribution in [1.82, 2.24) is 19.9 Å². The number of nitrogens with zero attached hydrogens (tertiary/aromatic N) is 5. The van der Waals surface area contributed by atoms with E-state index >= 15 is 0 Å². The molecule has 10 nitrogen and oxygen atoms in total. The Morgan fingerprint density at radius 1 is 1.24 bits per heavy atom. The second-order valence-electron chi connectivity index (χ2n) is 10.6. The first kappa shape index (κ1) is 26.7. The van der Waals surface area contributed by atoms with Crippen molar-refractivity contribution < 1.29 is 19.4 Å². The largest absolute Gasteiger partial charge is 0.480 e. The van der Waals surface area contributed by atoms with Crippen molar-refractivity contribution in [2.24, 2.45) is 5.92 Å². The number of amides is 1. The number of pyridine rings is 1. The van der Waals surface area contributed by atoms with Crippen molar-refractivity contribution >= 4 is 39.1 Å². The fourth-order valence-corrected chi connectivity index (χ4v) is 6.24. The van der Waals surface area contributed by atoms with E-state index in [-0.39, 0.29) is 5.91 Å². The Hall–Kier alpha value is -2.86. The van der Waals surface area contributed by atoms with Crippen LogP contribution >= 0.6 is 11.3 Å². The van der Waals surface area contributed by atoms with Crippen LogP contribution in [0.3, 0.4) is 0 Å². The summed E-state index contributed by atoms with van der Waals surface area (Å²) in [4.78, 5) is 30.9. The van der Waals surface area contributed by atoms with Gasteiger partial charge in [0.2, 0.25) is 17.7 Å². The van der Waals surface area contributed by atoms with Crippen LogP contribution in [0.2, 0.25) is 0 Å². The number of morpholine rings is 1. The molecule has 0 atom stereocenters. The Bertz CT molecular complexity index is 1290. The van der Waals surface area contributed by atoms with Gasteiger partial charge in [-0.2, -0.15) is 0 Å². The first-order valence-corrected chi connectivity index (χ1v) is 14.0. The molecule has 5 rings (SSSR count). The van der Waals surface area contributed by atoms with Crippen LogP contribution in [0.5, 0.6) is 5.88 Å². The number of methoxy groups -OCH3 is 1. The van der Waals surface area contributed by atoms with Crippen LogP contribution in [-0.4, -0.2) is 83.0 Å². The maximum atomic E-state index is 11.8. The standard InChI is InChI=1S/C27H36N6O4S/c1-17(34)29-21-13-18(14-28-25(21)36-4)22-24-23(31-26(30-22)33-9-11-37-12-10-33)19(16-38-24)15-32-7-5-20(6-8-32)27(2,3)35/h13-14,16,20,35H,5-12,15H2,1-4H3,(H,29,34). The molecular formula is C27H36N6O4S. The van der Waals surface area contributed by atoms with Gasteiger partial charge in [0, 0.05) is 43.9 Å². The molecular weight excluding hydrogens is 504 g/mol. The Balaban J connectivity index is 1.52. The third-order valence-electron chi connectivity index (χ3n) is 7.38. The number of anilines is 2. The molecule has 0 radical (unpaired) electrons. The van der Waals surface area contributed by atoms with Gasteiger partial charge in [-0.25, -0.2) is 15.0 Å². The van der Waals surface area contributed by atoms with Crippen LogP contribution in [0.1, 0.15) is 39.2 Å². The van der Waals surface area contributed by atoms with Crippen molar-refractivity contribution in [3.8, 4) is 17.1 Å². The van der Waals surface area contributed by atoms with Gasteiger partial charge in [0.25, 0.3) is 0 Å². The SMILES string of the molecule is COc1ncc(-c2nc(N3CCOCC3)nc3c(CN4CCC(C(C)(C)O)CC4)csc23)cc1NC(C)=O. The van der Waals surface area contributed by atoms with Gasteiger partial charge in [-0.05, 0) is 57.1 Å². The molecule has 1 amide bonds. The molecule has 0 aromatic carbocycles. The number of hydrogen-bond acceptors (Lipinski definition) is 10. The summed E-state index contributed by atoms with van der Waals surface area (Å²) in [5.74, 6) is 1.15. The summed E-state index contributed by atoms with van der Waals surface area (Å²) >= 11 is 1.63. The Kier molecular flexibility index (Phi) is 7.80. The van der Waals surface area contributed by atoms with Crippen molar-refractivity contribution in [3.05, 3.63) is 23.2 Å². The monoisotopic (exact) mass is 540 g/mol. The molecule has 11 heteroatoms. The Morgan fingerprint density at radius 3 is 2.63 bits per heavy atom. The van der Waals surface area contributed by atoms with E-state index in [0.29, 0.717) is 36.6 Å². The van der Waals surface area contributed by atoms with Gasteiger partial charge < -0.3 is 24.8 Å². The fourth-order valence-electron chi connectivity index (χ4n) is 5.23. The summed E-state index contributed by atoms with van der Waals surface area (Å²) in [6, 6.07) is 1.86. The Morgan fingerprint density at radius 2 is 1.97 bits per heavy atom. The minimum Gasteiger partial charge on any atom is -0.480 e. The van der Waals surface area contributed by atoms with Gasteiger partial charge in [0.05, 0.1) is 41.8 Å². The van der Waals surface area contributed by atoms with E-state index in [1.807, 2.05) is 19.9 Å². The fraction of sp³-hybridized carbons (Fsp3) is 0.556. The molecule has 2 saturated heterocycles. The van der Waals surface area contributed by atoms with E-state index < -0.39 is 5.60 Å². The van der Waals surface area contributed by atoms with Gasteiger partial charge in [-0.1, -0.05) is 0 Å². The normalized spacial score (nSPS) is 17.7. The molecule has 204 valence electrons. The highest BCUT2D eigenvalue weighted by Crippen LogP contribution is 2.38. The quantitative estimate of drug-likeness (QED) is 0.465. The zero-order valence-electron chi connectivity index (χ0n) is 22.5. The molecule has 0 spiro atoms. The average molecular weight is 541 g/mol. The van der Waals surface area contributed by atoms with Gasteiger partial charge >= 0.3 is 0 Å². The number of likely N-dealkylation sites (tertiary alicyclic amines) is 1. The number of thiophene rings is 1. The zero-order chi connectivity index (χ0) is 26.9. The number of hydrogen-bond donors (Lipinski definition) is 2. The maximum Gasteiger partial charge on any atom is 0.237 e. The average Bonchev–Trinajstić information content (AvgIpc) is 3.30. The van der Waals surface area contributed by atoms with E-state index in [1.54, 1.807) is 17.5 Å². The van der Waals surface area contributed by atoms with Crippen molar-refractivity contribution in [3.63, 3.8) is 0 Å². The molecule has 3 aromatic rings. The number of carbonyl (C=O) groups excluding carboxylic acids is 1. The lowest BCUT2D eigenvalue weighted by Crippen LogP contribution is -2.41. The highest BCUT2D eigenvalue weighted by Gasteiger charge is 2.31. The van der Waals surface area contributed by atoms with Crippen LogP contribution < -0.4 is 15.0 Å². The number of fused-ring (bicyclic) bond motifs is 1. The third-order valence-corrected chi connectivity index (χ3v) is 8.40.